The maximum absolute atomic E-state index is 10.9. The van der Waals surface area contributed by atoms with E-state index in [2.05, 4.69) is 9.72 Å². The Morgan fingerprint density at radius 3 is 3.09 bits per heavy atom. The van der Waals surface area contributed by atoms with Crippen LogP contribution in [0.4, 0.5) is 5.13 Å². The number of halogens is 1. The number of anilines is 1. The molecule has 0 aromatic carbocycles. The lowest BCUT2D eigenvalue weighted by Gasteiger charge is -1.93. The molecule has 2 N–H and O–H groups in total. The number of hydrogen-bond acceptors (Lipinski definition) is 5. The lowest BCUT2D eigenvalue weighted by Crippen LogP contribution is -2.00. The molecule has 11 heavy (non-hydrogen) atoms. The smallest absolute Gasteiger partial charge is 0.351 e. The van der Waals surface area contributed by atoms with Crippen molar-refractivity contribution in [2.24, 2.45) is 0 Å². The van der Waals surface area contributed by atoms with Gasteiger partial charge in [-0.1, -0.05) is 22.9 Å². The number of ether oxygens (including phenoxy) is 1. The van der Waals surface area contributed by atoms with Crippen LogP contribution in [0.2, 0.25) is 0 Å². The number of hydrogen-bond donors (Lipinski definition) is 1. The topological polar surface area (TPSA) is 65.2 Å². The van der Waals surface area contributed by atoms with E-state index in [0.717, 1.165) is 11.3 Å². The van der Waals surface area contributed by atoms with Crippen LogP contribution in [-0.2, 0) is 4.74 Å². The van der Waals surface area contributed by atoms with Crippen LogP contribution in [0.25, 0.3) is 0 Å². The number of nitrogen functional groups attached to an aromatic ring is 1. The molecule has 0 spiro atoms. The van der Waals surface area contributed by atoms with Gasteiger partial charge in [-0.25, -0.2) is 9.78 Å². The number of thiazole rings is 1. The second-order valence-electron chi connectivity index (χ2n) is 1.60. The average molecular weight is 193 g/mol. The SMILES string of the molecule is Nc1ncc(C(=O)OCCl)s1. The minimum atomic E-state index is -0.491. The highest BCUT2D eigenvalue weighted by molar-refractivity contribution is 7.17. The van der Waals surface area contributed by atoms with Crippen molar-refractivity contribution in [3.63, 3.8) is 0 Å². The molecule has 0 aliphatic heterocycles. The molecule has 60 valence electrons. The van der Waals surface area contributed by atoms with Crippen LogP contribution in [0.15, 0.2) is 6.20 Å². The molecule has 0 aliphatic rings. The molecule has 6 heteroatoms. The molecule has 0 aliphatic carbocycles. The standard InChI is InChI=1S/C5H5ClN2O2S/c6-2-10-4(9)3-1-8-5(7)11-3/h1H,2H2,(H2,7,8). The third-order valence-corrected chi connectivity index (χ3v) is 1.83. The summed E-state index contributed by atoms with van der Waals surface area (Å²) < 4.78 is 4.48. The number of nitrogens with two attached hydrogens (primary N) is 1. The van der Waals surface area contributed by atoms with Crippen LogP contribution >= 0.6 is 22.9 Å². The van der Waals surface area contributed by atoms with Crippen molar-refractivity contribution in [2.75, 3.05) is 11.8 Å². The van der Waals surface area contributed by atoms with E-state index in [0.29, 0.717) is 10.0 Å². The van der Waals surface area contributed by atoms with Gasteiger partial charge in [-0.15, -0.1) is 0 Å². The van der Waals surface area contributed by atoms with Crippen molar-refractivity contribution in [2.45, 2.75) is 0 Å². The molecule has 0 fully saturated rings. The van der Waals surface area contributed by atoms with Crippen LogP contribution in [-0.4, -0.2) is 17.0 Å². The van der Waals surface area contributed by atoms with Gasteiger partial charge >= 0.3 is 5.97 Å². The predicted molar refractivity (Wildman–Crippen MR) is 42.7 cm³/mol. The summed E-state index contributed by atoms with van der Waals surface area (Å²) in [5, 5.41) is 0.339. The van der Waals surface area contributed by atoms with Crippen molar-refractivity contribution in [1.82, 2.24) is 4.98 Å². The van der Waals surface area contributed by atoms with Gasteiger partial charge in [0.1, 0.15) is 4.88 Å². The van der Waals surface area contributed by atoms with Crippen molar-refractivity contribution >= 4 is 34.0 Å². The molecular formula is C5H5ClN2O2S. The Balaban J connectivity index is 2.69. The maximum atomic E-state index is 10.9. The number of carbonyl (C=O) groups excluding carboxylic acids is 1. The summed E-state index contributed by atoms with van der Waals surface area (Å²) in [6, 6.07) is -0.156. The molecule has 0 atom stereocenters. The number of carbonyl (C=O) groups is 1. The lowest BCUT2D eigenvalue weighted by atomic mass is 10.6. The molecular weight excluding hydrogens is 188 g/mol. The van der Waals surface area contributed by atoms with Crippen LogP contribution in [0.3, 0.4) is 0 Å². The summed E-state index contributed by atoms with van der Waals surface area (Å²) in [6.07, 6.45) is 1.36. The van der Waals surface area contributed by atoms with E-state index in [1.54, 1.807) is 0 Å². The summed E-state index contributed by atoms with van der Waals surface area (Å²) >= 11 is 6.23. The van der Waals surface area contributed by atoms with Crippen molar-refractivity contribution in [1.29, 1.82) is 0 Å². The third-order valence-electron chi connectivity index (χ3n) is 0.910. The van der Waals surface area contributed by atoms with Crippen molar-refractivity contribution in [3.05, 3.63) is 11.1 Å². The van der Waals surface area contributed by atoms with Gasteiger partial charge in [-0.3, -0.25) is 0 Å². The minimum Gasteiger partial charge on any atom is -0.445 e. The number of alkyl halides is 1. The van der Waals surface area contributed by atoms with Crippen LogP contribution in [0, 0.1) is 0 Å². The van der Waals surface area contributed by atoms with E-state index in [1.807, 2.05) is 0 Å². The van der Waals surface area contributed by atoms with Gasteiger partial charge in [-0.05, 0) is 0 Å². The zero-order valence-corrected chi connectivity index (χ0v) is 6.98. The molecule has 1 heterocycles. The van der Waals surface area contributed by atoms with E-state index >= 15 is 0 Å². The monoisotopic (exact) mass is 192 g/mol. The predicted octanol–water partition coefficient (Wildman–Crippen LogP) is 1.08. The van der Waals surface area contributed by atoms with Gasteiger partial charge in [0.2, 0.25) is 0 Å². The zero-order valence-electron chi connectivity index (χ0n) is 5.41. The first-order valence-electron chi connectivity index (χ1n) is 2.68. The van der Waals surface area contributed by atoms with Crippen molar-refractivity contribution < 1.29 is 9.53 Å². The number of esters is 1. The van der Waals surface area contributed by atoms with Gasteiger partial charge in [-0.2, -0.15) is 0 Å². The second-order valence-corrected chi connectivity index (χ2v) is 2.88. The molecule has 0 bridgehead atoms. The largest absolute Gasteiger partial charge is 0.445 e. The van der Waals surface area contributed by atoms with Crippen LogP contribution < -0.4 is 5.73 Å². The molecule has 0 saturated carbocycles. The Labute approximate surface area is 71.9 Å². The Bertz CT molecular complexity index is 263. The molecule has 1 rings (SSSR count). The van der Waals surface area contributed by atoms with Crippen LogP contribution in [0.5, 0.6) is 0 Å². The minimum absolute atomic E-state index is 0.156. The lowest BCUT2D eigenvalue weighted by molar-refractivity contribution is 0.0579. The molecule has 0 unspecified atom stereocenters. The van der Waals surface area contributed by atoms with E-state index < -0.39 is 5.97 Å². The molecule has 1 aromatic heterocycles. The Morgan fingerprint density at radius 1 is 1.91 bits per heavy atom. The van der Waals surface area contributed by atoms with Gasteiger partial charge in [0.05, 0.1) is 6.20 Å². The van der Waals surface area contributed by atoms with E-state index in [1.165, 1.54) is 6.20 Å². The fraction of sp³-hybridized carbons (Fsp3) is 0.200. The summed E-state index contributed by atoms with van der Waals surface area (Å²) in [6.45, 7) is 0. The fourth-order valence-electron chi connectivity index (χ4n) is 0.503. The molecule has 0 saturated heterocycles. The van der Waals surface area contributed by atoms with E-state index in [9.17, 15) is 4.79 Å². The Kier molecular flexibility index (Phi) is 2.67. The van der Waals surface area contributed by atoms with Crippen LogP contribution in [0.1, 0.15) is 9.67 Å². The van der Waals surface area contributed by atoms with Gasteiger partial charge in [0.15, 0.2) is 11.2 Å². The highest BCUT2D eigenvalue weighted by atomic mass is 35.5. The molecule has 0 amide bonds. The highest BCUT2D eigenvalue weighted by Gasteiger charge is 2.09. The first kappa shape index (κ1) is 8.29. The molecule has 1 aromatic rings. The van der Waals surface area contributed by atoms with Crippen molar-refractivity contribution in [3.8, 4) is 0 Å². The molecule has 0 radical (unpaired) electrons. The quantitative estimate of drug-likeness (QED) is 0.563. The van der Waals surface area contributed by atoms with E-state index in [-0.39, 0.29) is 6.07 Å². The van der Waals surface area contributed by atoms with Gasteiger partial charge in [0.25, 0.3) is 0 Å². The zero-order chi connectivity index (χ0) is 8.27. The maximum Gasteiger partial charge on any atom is 0.351 e. The summed E-state index contributed by atoms with van der Waals surface area (Å²) in [4.78, 5) is 14.9. The summed E-state index contributed by atoms with van der Waals surface area (Å²) in [7, 11) is 0. The third kappa shape index (κ3) is 2.06. The summed E-state index contributed by atoms with van der Waals surface area (Å²) in [5.41, 5.74) is 5.28. The number of aromatic nitrogens is 1. The fourth-order valence-corrected chi connectivity index (χ4v) is 1.18. The average Bonchev–Trinajstić information content (AvgIpc) is 2.36. The highest BCUT2D eigenvalue weighted by Crippen LogP contribution is 2.15. The molecule has 4 nitrogen and oxygen atoms in total. The van der Waals surface area contributed by atoms with Gasteiger partial charge in [0, 0.05) is 0 Å². The van der Waals surface area contributed by atoms with Gasteiger partial charge < -0.3 is 10.5 Å². The first-order chi connectivity index (χ1) is 5.24. The van der Waals surface area contributed by atoms with E-state index in [4.69, 9.17) is 17.3 Å². The Hall–Kier alpha value is -0.810. The first-order valence-corrected chi connectivity index (χ1v) is 4.03. The number of rotatable bonds is 2. The summed E-state index contributed by atoms with van der Waals surface area (Å²) in [5.74, 6) is -0.491. The Morgan fingerprint density at radius 2 is 2.64 bits per heavy atom. The normalized spacial score (nSPS) is 9.55. The number of nitrogens with zero attached hydrogens (tertiary/aromatic N) is 1. The second kappa shape index (κ2) is 3.54.